The van der Waals surface area contributed by atoms with E-state index in [0.717, 1.165) is 19.0 Å². The molecule has 0 spiro atoms. The minimum absolute atomic E-state index is 0.356. The van der Waals surface area contributed by atoms with Gasteiger partial charge in [-0.2, -0.15) is 0 Å². The van der Waals surface area contributed by atoms with Gasteiger partial charge in [0.25, 0.3) is 0 Å². The zero-order valence-electron chi connectivity index (χ0n) is 12.4. The number of rotatable bonds is 3. The van der Waals surface area contributed by atoms with E-state index >= 15 is 0 Å². The van der Waals surface area contributed by atoms with Crippen LogP contribution in [0.3, 0.4) is 0 Å². The number of piperazine rings is 1. The zero-order chi connectivity index (χ0) is 13.5. The zero-order valence-corrected chi connectivity index (χ0v) is 12.4. The molecule has 1 aliphatic carbocycles. The lowest BCUT2D eigenvalue weighted by molar-refractivity contribution is 0.0310. The van der Waals surface area contributed by atoms with Crippen molar-refractivity contribution in [1.29, 1.82) is 0 Å². The molecule has 0 amide bonds. The molecule has 0 aromatic heterocycles. The molecule has 2 nitrogen and oxygen atoms in total. The van der Waals surface area contributed by atoms with Gasteiger partial charge < -0.3 is 5.32 Å². The normalized spacial score (nSPS) is 32.5. The van der Waals surface area contributed by atoms with E-state index in [4.69, 9.17) is 0 Å². The van der Waals surface area contributed by atoms with Crippen LogP contribution in [-0.2, 0) is 6.54 Å². The van der Waals surface area contributed by atoms with Crippen molar-refractivity contribution >= 4 is 0 Å². The van der Waals surface area contributed by atoms with Gasteiger partial charge in [-0.05, 0) is 50.7 Å². The van der Waals surface area contributed by atoms with Crippen molar-refractivity contribution in [3.05, 3.63) is 35.4 Å². The van der Waals surface area contributed by atoms with E-state index in [0.29, 0.717) is 11.6 Å². The monoisotopic (exact) mass is 258 g/mol. The van der Waals surface area contributed by atoms with Crippen molar-refractivity contribution in [2.45, 2.75) is 51.7 Å². The highest BCUT2D eigenvalue weighted by Gasteiger charge is 2.47. The molecule has 2 atom stereocenters. The Labute approximate surface area is 117 Å². The average molecular weight is 258 g/mol. The summed E-state index contributed by atoms with van der Waals surface area (Å²) in [5.41, 5.74) is 3.27. The van der Waals surface area contributed by atoms with E-state index in [1.54, 1.807) is 0 Å². The Kier molecular flexibility index (Phi) is 3.40. The molecule has 3 rings (SSSR count). The van der Waals surface area contributed by atoms with E-state index in [9.17, 15) is 0 Å². The van der Waals surface area contributed by atoms with Crippen molar-refractivity contribution in [2.75, 3.05) is 13.1 Å². The second-order valence-corrected chi connectivity index (χ2v) is 6.72. The summed E-state index contributed by atoms with van der Waals surface area (Å²) in [5.74, 6) is 0.900. The molecule has 1 saturated heterocycles. The van der Waals surface area contributed by atoms with Gasteiger partial charge in [-0.15, -0.1) is 0 Å². The summed E-state index contributed by atoms with van der Waals surface area (Å²) in [6, 6.07) is 9.43. The highest BCUT2D eigenvalue weighted by atomic mass is 15.3. The number of hydrogen-bond donors (Lipinski definition) is 1. The molecular weight excluding hydrogens is 232 g/mol. The fourth-order valence-corrected chi connectivity index (χ4v) is 3.44. The first-order valence-electron chi connectivity index (χ1n) is 7.62. The Morgan fingerprint density at radius 3 is 2.74 bits per heavy atom. The standard InChI is InChI=1S/C17H26N2/c1-13-6-4-5-7-15(13)11-19-10-14(2)18-12-17(19,3)16-8-9-16/h4-7,14,16,18H,8-12H2,1-3H3. The highest BCUT2D eigenvalue weighted by Crippen LogP contribution is 2.44. The Morgan fingerprint density at radius 1 is 1.32 bits per heavy atom. The van der Waals surface area contributed by atoms with Gasteiger partial charge in [0.1, 0.15) is 0 Å². The van der Waals surface area contributed by atoms with Crippen molar-refractivity contribution in [1.82, 2.24) is 10.2 Å². The molecule has 0 bridgehead atoms. The summed E-state index contributed by atoms with van der Waals surface area (Å²) in [7, 11) is 0. The van der Waals surface area contributed by atoms with Crippen molar-refractivity contribution in [2.24, 2.45) is 5.92 Å². The third kappa shape index (κ3) is 2.56. The van der Waals surface area contributed by atoms with E-state index in [-0.39, 0.29) is 0 Å². The lowest BCUT2D eigenvalue weighted by Gasteiger charge is -2.48. The molecule has 1 saturated carbocycles. The van der Waals surface area contributed by atoms with Crippen molar-refractivity contribution in [3.8, 4) is 0 Å². The van der Waals surface area contributed by atoms with E-state index < -0.39 is 0 Å². The first kappa shape index (κ1) is 13.1. The number of nitrogens with zero attached hydrogens (tertiary/aromatic N) is 1. The average Bonchev–Trinajstić information content (AvgIpc) is 3.21. The molecule has 2 heteroatoms. The van der Waals surface area contributed by atoms with Crippen LogP contribution in [0.1, 0.15) is 37.8 Å². The van der Waals surface area contributed by atoms with Gasteiger partial charge in [0.2, 0.25) is 0 Å². The Morgan fingerprint density at radius 2 is 2.05 bits per heavy atom. The summed E-state index contributed by atoms with van der Waals surface area (Å²) in [5, 5.41) is 3.68. The lowest BCUT2D eigenvalue weighted by atomic mass is 9.89. The fourth-order valence-electron chi connectivity index (χ4n) is 3.44. The van der Waals surface area contributed by atoms with Crippen LogP contribution in [0.5, 0.6) is 0 Å². The summed E-state index contributed by atoms with van der Waals surface area (Å²) in [6.45, 7) is 10.4. The van der Waals surface area contributed by atoms with Crippen molar-refractivity contribution in [3.63, 3.8) is 0 Å². The van der Waals surface area contributed by atoms with Crippen LogP contribution in [0.2, 0.25) is 0 Å². The summed E-state index contributed by atoms with van der Waals surface area (Å²) < 4.78 is 0. The van der Waals surface area contributed by atoms with Crippen LogP contribution in [0.4, 0.5) is 0 Å². The molecule has 19 heavy (non-hydrogen) atoms. The van der Waals surface area contributed by atoms with E-state index in [1.807, 2.05) is 0 Å². The minimum atomic E-state index is 0.356. The van der Waals surface area contributed by atoms with Crippen LogP contribution in [-0.4, -0.2) is 29.6 Å². The molecule has 1 aromatic rings. The Hall–Kier alpha value is -0.860. The Bertz CT molecular complexity index is 452. The number of benzene rings is 1. The molecule has 1 aromatic carbocycles. The quantitative estimate of drug-likeness (QED) is 0.896. The van der Waals surface area contributed by atoms with Crippen LogP contribution in [0.15, 0.2) is 24.3 Å². The highest BCUT2D eigenvalue weighted by molar-refractivity contribution is 5.26. The van der Waals surface area contributed by atoms with Gasteiger partial charge in [-0.1, -0.05) is 24.3 Å². The second-order valence-electron chi connectivity index (χ2n) is 6.72. The maximum absolute atomic E-state index is 3.68. The largest absolute Gasteiger partial charge is 0.311 e. The number of aryl methyl sites for hydroxylation is 1. The molecule has 1 aliphatic heterocycles. The summed E-state index contributed by atoms with van der Waals surface area (Å²) in [4.78, 5) is 2.73. The third-order valence-electron chi connectivity index (χ3n) is 5.10. The van der Waals surface area contributed by atoms with E-state index in [2.05, 4.69) is 55.3 Å². The Balaban J connectivity index is 1.81. The van der Waals surface area contributed by atoms with Crippen molar-refractivity contribution < 1.29 is 0 Å². The SMILES string of the molecule is Cc1ccccc1CN1CC(C)NCC1(C)C1CC1. The fraction of sp³-hybridized carbons (Fsp3) is 0.647. The van der Waals surface area contributed by atoms with Crippen LogP contribution >= 0.6 is 0 Å². The number of nitrogens with one attached hydrogen (secondary N) is 1. The van der Waals surface area contributed by atoms with Crippen LogP contribution in [0, 0.1) is 12.8 Å². The smallest absolute Gasteiger partial charge is 0.0338 e. The van der Waals surface area contributed by atoms with Gasteiger partial charge in [0, 0.05) is 31.2 Å². The lowest BCUT2D eigenvalue weighted by Crippen LogP contribution is -2.63. The molecule has 2 fully saturated rings. The van der Waals surface area contributed by atoms with Gasteiger partial charge in [-0.3, -0.25) is 4.90 Å². The summed E-state index contributed by atoms with van der Waals surface area (Å²) >= 11 is 0. The third-order valence-corrected chi connectivity index (χ3v) is 5.10. The predicted octanol–water partition coefficient (Wildman–Crippen LogP) is 2.96. The minimum Gasteiger partial charge on any atom is -0.311 e. The first-order valence-corrected chi connectivity index (χ1v) is 7.62. The number of hydrogen-bond acceptors (Lipinski definition) is 2. The van der Waals surface area contributed by atoms with Gasteiger partial charge in [-0.25, -0.2) is 0 Å². The first-order chi connectivity index (χ1) is 9.09. The molecule has 2 aliphatic rings. The van der Waals surface area contributed by atoms with Gasteiger partial charge >= 0.3 is 0 Å². The molecule has 1 N–H and O–H groups in total. The predicted molar refractivity (Wildman–Crippen MR) is 80.2 cm³/mol. The van der Waals surface area contributed by atoms with Crippen LogP contribution < -0.4 is 5.32 Å². The molecule has 0 radical (unpaired) electrons. The van der Waals surface area contributed by atoms with E-state index in [1.165, 1.54) is 30.5 Å². The maximum atomic E-state index is 3.68. The van der Waals surface area contributed by atoms with Gasteiger partial charge in [0.05, 0.1) is 0 Å². The molecular formula is C17H26N2. The molecule has 2 unspecified atom stereocenters. The molecule has 1 heterocycles. The topological polar surface area (TPSA) is 15.3 Å². The van der Waals surface area contributed by atoms with Gasteiger partial charge in [0.15, 0.2) is 0 Å². The molecule has 104 valence electrons. The summed E-state index contributed by atoms with van der Waals surface area (Å²) in [6.07, 6.45) is 2.83. The second kappa shape index (κ2) is 4.92. The maximum Gasteiger partial charge on any atom is 0.0338 e. The van der Waals surface area contributed by atoms with Crippen LogP contribution in [0.25, 0.3) is 0 Å².